The molecule has 2 atom stereocenters. The summed E-state index contributed by atoms with van der Waals surface area (Å²) in [5.41, 5.74) is 1.33. The number of rotatable bonds is 2. The van der Waals surface area contributed by atoms with Gasteiger partial charge in [-0.2, -0.15) is 0 Å². The summed E-state index contributed by atoms with van der Waals surface area (Å²) in [7, 11) is 1.62. The Kier molecular flexibility index (Phi) is 3.17. The standard InChI is InChI=1S/C13H16O2/c1-15-13-9-11(7-8-12(13)14)10-5-3-2-4-6-10/h2-6,11,13H,7-9H2,1H3/t11-,13-/m0/s1. The van der Waals surface area contributed by atoms with Crippen LogP contribution in [0.2, 0.25) is 0 Å². The third kappa shape index (κ3) is 2.26. The van der Waals surface area contributed by atoms with Gasteiger partial charge in [-0.25, -0.2) is 0 Å². The molecule has 2 rings (SSSR count). The first-order valence-corrected chi connectivity index (χ1v) is 5.41. The SMILES string of the molecule is CO[C@H]1C[C@@H](c2ccccc2)CCC1=O. The van der Waals surface area contributed by atoms with Crippen LogP contribution in [-0.2, 0) is 9.53 Å². The molecule has 1 aromatic rings. The molecular weight excluding hydrogens is 188 g/mol. The molecule has 0 amide bonds. The highest BCUT2D eigenvalue weighted by atomic mass is 16.5. The molecule has 0 bridgehead atoms. The van der Waals surface area contributed by atoms with E-state index in [1.807, 2.05) is 18.2 Å². The van der Waals surface area contributed by atoms with Crippen molar-refractivity contribution in [3.05, 3.63) is 35.9 Å². The molecule has 0 aromatic heterocycles. The molecule has 1 aliphatic rings. The Bertz CT molecular complexity index is 332. The van der Waals surface area contributed by atoms with E-state index in [-0.39, 0.29) is 11.9 Å². The second-order valence-corrected chi connectivity index (χ2v) is 4.07. The molecule has 2 nitrogen and oxygen atoms in total. The summed E-state index contributed by atoms with van der Waals surface area (Å²) in [6.45, 7) is 0. The summed E-state index contributed by atoms with van der Waals surface area (Å²) < 4.78 is 5.21. The Morgan fingerprint density at radius 3 is 2.67 bits per heavy atom. The lowest BCUT2D eigenvalue weighted by molar-refractivity contribution is -0.131. The summed E-state index contributed by atoms with van der Waals surface area (Å²) in [6.07, 6.45) is 2.25. The van der Waals surface area contributed by atoms with Crippen LogP contribution in [0.3, 0.4) is 0 Å². The average molecular weight is 204 g/mol. The minimum absolute atomic E-state index is 0.191. The highest BCUT2D eigenvalue weighted by Gasteiger charge is 2.29. The monoisotopic (exact) mass is 204 g/mol. The van der Waals surface area contributed by atoms with E-state index in [0.717, 1.165) is 12.8 Å². The number of benzene rings is 1. The quantitative estimate of drug-likeness (QED) is 0.740. The van der Waals surface area contributed by atoms with Crippen LogP contribution in [0.5, 0.6) is 0 Å². The average Bonchev–Trinajstić information content (AvgIpc) is 2.31. The van der Waals surface area contributed by atoms with Crippen molar-refractivity contribution in [3.8, 4) is 0 Å². The molecule has 2 heteroatoms. The van der Waals surface area contributed by atoms with Gasteiger partial charge in [0.2, 0.25) is 0 Å². The zero-order valence-corrected chi connectivity index (χ0v) is 8.98. The molecule has 0 radical (unpaired) electrons. The van der Waals surface area contributed by atoms with Crippen molar-refractivity contribution in [2.75, 3.05) is 7.11 Å². The second kappa shape index (κ2) is 4.58. The van der Waals surface area contributed by atoms with Crippen molar-refractivity contribution in [3.63, 3.8) is 0 Å². The van der Waals surface area contributed by atoms with Crippen LogP contribution in [0.15, 0.2) is 30.3 Å². The zero-order valence-electron chi connectivity index (χ0n) is 8.98. The van der Waals surface area contributed by atoms with Crippen LogP contribution in [-0.4, -0.2) is 19.0 Å². The molecule has 1 saturated carbocycles. The minimum Gasteiger partial charge on any atom is -0.374 e. The lowest BCUT2D eigenvalue weighted by Crippen LogP contribution is -2.30. The van der Waals surface area contributed by atoms with Gasteiger partial charge < -0.3 is 4.74 Å². The Hall–Kier alpha value is -1.15. The highest BCUT2D eigenvalue weighted by Crippen LogP contribution is 2.32. The van der Waals surface area contributed by atoms with E-state index in [2.05, 4.69) is 12.1 Å². The normalized spacial score (nSPS) is 26.6. The number of methoxy groups -OCH3 is 1. The van der Waals surface area contributed by atoms with Crippen molar-refractivity contribution >= 4 is 5.78 Å². The van der Waals surface area contributed by atoms with Crippen LogP contribution < -0.4 is 0 Å². The summed E-state index contributed by atoms with van der Waals surface area (Å²) in [5.74, 6) is 0.735. The third-order valence-electron chi connectivity index (χ3n) is 3.15. The van der Waals surface area contributed by atoms with Crippen molar-refractivity contribution in [2.45, 2.75) is 31.3 Å². The van der Waals surface area contributed by atoms with E-state index >= 15 is 0 Å². The fourth-order valence-corrected chi connectivity index (χ4v) is 2.24. The van der Waals surface area contributed by atoms with Gasteiger partial charge in [0.05, 0.1) is 0 Å². The number of hydrogen-bond donors (Lipinski definition) is 0. The van der Waals surface area contributed by atoms with Crippen molar-refractivity contribution in [1.82, 2.24) is 0 Å². The van der Waals surface area contributed by atoms with Gasteiger partial charge in [-0.15, -0.1) is 0 Å². The van der Waals surface area contributed by atoms with E-state index in [0.29, 0.717) is 12.3 Å². The van der Waals surface area contributed by atoms with Gasteiger partial charge in [-0.05, 0) is 24.3 Å². The number of carbonyl (C=O) groups is 1. The van der Waals surface area contributed by atoms with Gasteiger partial charge in [0.15, 0.2) is 5.78 Å². The molecule has 0 unspecified atom stereocenters. The first kappa shape index (κ1) is 10.4. The van der Waals surface area contributed by atoms with E-state index in [4.69, 9.17) is 4.74 Å². The first-order valence-electron chi connectivity index (χ1n) is 5.41. The summed E-state index contributed by atoms with van der Waals surface area (Å²) in [6, 6.07) is 10.4. The van der Waals surface area contributed by atoms with Gasteiger partial charge in [-0.3, -0.25) is 4.79 Å². The highest BCUT2D eigenvalue weighted by molar-refractivity contribution is 5.84. The minimum atomic E-state index is -0.191. The van der Waals surface area contributed by atoms with Crippen LogP contribution in [0.1, 0.15) is 30.7 Å². The largest absolute Gasteiger partial charge is 0.374 e. The number of Topliss-reactive ketones (excluding diaryl/α,β-unsaturated/α-hetero) is 1. The Balaban J connectivity index is 2.09. The molecule has 1 fully saturated rings. The van der Waals surface area contributed by atoms with Gasteiger partial charge >= 0.3 is 0 Å². The van der Waals surface area contributed by atoms with Crippen molar-refractivity contribution in [2.24, 2.45) is 0 Å². The predicted molar refractivity (Wildman–Crippen MR) is 58.8 cm³/mol. The van der Waals surface area contributed by atoms with Crippen molar-refractivity contribution in [1.29, 1.82) is 0 Å². The molecule has 0 heterocycles. The molecule has 15 heavy (non-hydrogen) atoms. The topological polar surface area (TPSA) is 26.3 Å². The summed E-state index contributed by atoms with van der Waals surface area (Å²) in [5, 5.41) is 0. The lowest BCUT2D eigenvalue weighted by atomic mass is 9.82. The lowest BCUT2D eigenvalue weighted by Gasteiger charge is -2.27. The summed E-state index contributed by atoms with van der Waals surface area (Å²) >= 11 is 0. The molecule has 0 saturated heterocycles. The number of ether oxygens (including phenoxy) is 1. The first-order chi connectivity index (χ1) is 7.31. The maximum Gasteiger partial charge on any atom is 0.161 e. The summed E-state index contributed by atoms with van der Waals surface area (Å²) in [4.78, 5) is 11.5. The number of hydrogen-bond acceptors (Lipinski definition) is 2. The fraction of sp³-hybridized carbons (Fsp3) is 0.462. The molecular formula is C13H16O2. The van der Waals surface area contributed by atoms with Crippen LogP contribution >= 0.6 is 0 Å². The van der Waals surface area contributed by atoms with E-state index in [1.54, 1.807) is 7.11 Å². The second-order valence-electron chi connectivity index (χ2n) is 4.07. The molecule has 1 aromatic carbocycles. The van der Waals surface area contributed by atoms with Crippen molar-refractivity contribution < 1.29 is 9.53 Å². The number of carbonyl (C=O) groups excluding carboxylic acids is 1. The maximum atomic E-state index is 11.5. The Morgan fingerprint density at radius 1 is 1.27 bits per heavy atom. The van der Waals surface area contributed by atoms with E-state index < -0.39 is 0 Å². The van der Waals surface area contributed by atoms with E-state index in [9.17, 15) is 4.79 Å². The van der Waals surface area contributed by atoms with Gasteiger partial charge in [0.1, 0.15) is 6.10 Å². The van der Waals surface area contributed by atoms with Gasteiger partial charge in [-0.1, -0.05) is 30.3 Å². The van der Waals surface area contributed by atoms with E-state index in [1.165, 1.54) is 5.56 Å². The smallest absolute Gasteiger partial charge is 0.161 e. The van der Waals surface area contributed by atoms with Gasteiger partial charge in [0.25, 0.3) is 0 Å². The van der Waals surface area contributed by atoms with Crippen LogP contribution in [0, 0.1) is 0 Å². The van der Waals surface area contributed by atoms with Gasteiger partial charge in [0, 0.05) is 13.5 Å². The Labute approximate surface area is 90.3 Å². The zero-order chi connectivity index (χ0) is 10.7. The molecule has 0 aliphatic heterocycles. The van der Waals surface area contributed by atoms with Crippen LogP contribution in [0.25, 0.3) is 0 Å². The molecule has 1 aliphatic carbocycles. The number of ketones is 1. The Morgan fingerprint density at radius 2 is 2.00 bits per heavy atom. The fourth-order valence-electron chi connectivity index (χ4n) is 2.24. The molecule has 80 valence electrons. The predicted octanol–water partition coefficient (Wildman–Crippen LogP) is 2.54. The third-order valence-corrected chi connectivity index (χ3v) is 3.15. The maximum absolute atomic E-state index is 11.5. The molecule has 0 N–H and O–H groups in total. The molecule has 0 spiro atoms. The van der Waals surface area contributed by atoms with Crippen LogP contribution in [0.4, 0.5) is 0 Å².